The summed E-state index contributed by atoms with van der Waals surface area (Å²) in [7, 11) is 1.33. The molecule has 0 fully saturated rings. The maximum Gasteiger partial charge on any atom is 0.325 e. The van der Waals surface area contributed by atoms with Crippen LogP contribution in [0.1, 0.15) is 19.8 Å². The topological polar surface area (TPSA) is 113 Å². The van der Waals surface area contributed by atoms with Gasteiger partial charge < -0.3 is 22.4 Å². The molecule has 12 heavy (non-hydrogen) atoms. The Bertz CT molecular complexity index is 137. The number of ether oxygens (including phenoxy) is 1. The second-order valence-electron chi connectivity index (χ2n) is 2.80. The van der Waals surface area contributed by atoms with E-state index in [0.717, 1.165) is 6.42 Å². The summed E-state index contributed by atoms with van der Waals surface area (Å²) in [4.78, 5) is 11.0. The minimum absolute atomic E-state index is 0. The van der Waals surface area contributed by atoms with Gasteiger partial charge in [-0.1, -0.05) is 0 Å². The molecule has 0 aromatic carbocycles. The van der Waals surface area contributed by atoms with Gasteiger partial charge in [0.05, 0.1) is 7.11 Å². The summed E-state index contributed by atoms with van der Waals surface area (Å²) in [5, 5.41) is 0. The molecule has 1 unspecified atom stereocenters. The highest BCUT2D eigenvalue weighted by atomic mass is 16.5. The highest BCUT2D eigenvalue weighted by molar-refractivity contribution is 5.79. The van der Waals surface area contributed by atoms with Crippen LogP contribution in [0.3, 0.4) is 0 Å². The number of hydrogen-bond donors (Lipinski definition) is 3. The van der Waals surface area contributed by atoms with Gasteiger partial charge in [0.1, 0.15) is 5.54 Å². The van der Waals surface area contributed by atoms with Crippen LogP contribution in [0.4, 0.5) is 0 Å². The van der Waals surface area contributed by atoms with Crippen LogP contribution in [0, 0.1) is 0 Å². The van der Waals surface area contributed by atoms with Crippen LogP contribution in [0.15, 0.2) is 0 Å². The first kappa shape index (κ1) is 13.9. The normalized spacial score (nSPS) is 14.3. The fraction of sp³-hybridized carbons (Fsp3) is 0.857. The molecule has 0 radical (unpaired) electrons. The van der Waals surface area contributed by atoms with E-state index < -0.39 is 5.54 Å². The van der Waals surface area contributed by atoms with E-state index in [1.54, 1.807) is 6.92 Å². The molecular weight excluding hydrogens is 158 g/mol. The van der Waals surface area contributed by atoms with E-state index in [-0.39, 0.29) is 12.1 Å². The monoisotopic (exact) mass is 177 g/mol. The third-order valence-corrected chi connectivity index (χ3v) is 1.55. The summed E-state index contributed by atoms with van der Waals surface area (Å²) in [6, 6.07) is 0. The summed E-state index contributed by atoms with van der Waals surface area (Å²) in [5.41, 5.74) is 10.0. The van der Waals surface area contributed by atoms with Gasteiger partial charge in [-0.25, -0.2) is 0 Å². The Kier molecular flexibility index (Phi) is 6.88. The number of esters is 1. The molecule has 0 bridgehead atoms. The lowest BCUT2D eigenvalue weighted by Crippen LogP contribution is -2.45. The van der Waals surface area contributed by atoms with E-state index in [1.807, 2.05) is 0 Å². The average molecular weight is 177 g/mol. The standard InChI is InChI=1S/C7H16N2O2.H3N/c1-7(9,4-3-5-8)6(10)11-2;/h3-5,8-9H2,1-2H3;1H3. The highest BCUT2D eigenvalue weighted by Crippen LogP contribution is 2.09. The Labute approximate surface area is 73.0 Å². The van der Waals surface area contributed by atoms with Gasteiger partial charge >= 0.3 is 5.97 Å². The molecule has 0 rings (SSSR count). The van der Waals surface area contributed by atoms with Crippen molar-refractivity contribution in [1.29, 1.82) is 0 Å². The second-order valence-corrected chi connectivity index (χ2v) is 2.80. The highest BCUT2D eigenvalue weighted by Gasteiger charge is 2.28. The first-order valence-corrected chi connectivity index (χ1v) is 3.62. The third-order valence-electron chi connectivity index (χ3n) is 1.55. The van der Waals surface area contributed by atoms with Crippen molar-refractivity contribution in [2.75, 3.05) is 13.7 Å². The molecule has 0 heterocycles. The zero-order valence-electron chi connectivity index (χ0n) is 7.80. The predicted octanol–water partition coefficient (Wildman–Crippen LogP) is -0.222. The number of carbonyl (C=O) groups excluding carboxylic acids is 1. The quantitative estimate of drug-likeness (QED) is 0.513. The van der Waals surface area contributed by atoms with Crippen molar-refractivity contribution in [3.8, 4) is 0 Å². The molecule has 74 valence electrons. The van der Waals surface area contributed by atoms with Crippen molar-refractivity contribution in [2.45, 2.75) is 25.3 Å². The van der Waals surface area contributed by atoms with E-state index in [2.05, 4.69) is 4.74 Å². The van der Waals surface area contributed by atoms with Crippen LogP contribution in [-0.2, 0) is 9.53 Å². The molecule has 0 saturated carbocycles. The molecule has 0 spiro atoms. The van der Waals surface area contributed by atoms with Gasteiger partial charge in [0.25, 0.3) is 0 Å². The van der Waals surface area contributed by atoms with Crippen LogP contribution in [-0.4, -0.2) is 25.2 Å². The number of methoxy groups -OCH3 is 1. The smallest absolute Gasteiger partial charge is 0.325 e. The van der Waals surface area contributed by atoms with Gasteiger partial charge in [0.2, 0.25) is 0 Å². The fourth-order valence-electron chi connectivity index (χ4n) is 0.805. The van der Waals surface area contributed by atoms with Gasteiger partial charge in [-0.2, -0.15) is 0 Å². The van der Waals surface area contributed by atoms with Crippen molar-refractivity contribution >= 4 is 5.97 Å². The molecule has 0 aliphatic carbocycles. The Balaban J connectivity index is 0. The molecular formula is C7H19N3O2. The maximum absolute atomic E-state index is 11.0. The van der Waals surface area contributed by atoms with E-state index >= 15 is 0 Å². The Hall–Kier alpha value is -0.650. The number of nitrogens with two attached hydrogens (primary N) is 2. The summed E-state index contributed by atoms with van der Waals surface area (Å²) in [6.45, 7) is 2.19. The van der Waals surface area contributed by atoms with Crippen molar-refractivity contribution in [3.05, 3.63) is 0 Å². The fourth-order valence-corrected chi connectivity index (χ4v) is 0.805. The van der Waals surface area contributed by atoms with Crippen molar-refractivity contribution in [3.63, 3.8) is 0 Å². The number of carbonyl (C=O) groups is 1. The van der Waals surface area contributed by atoms with E-state index in [9.17, 15) is 4.79 Å². The van der Waals surface area contributed by atoms with Crippen LogP contribution in [0.5, 0.6) is 0 Å². The molecule has 5 heteroatoms. The molecule has 0 aromatic rings. The lowest BCUT2D eigenvalue weighted by Gasteiger charge is -2.20. The first-order chi connectivity index (χ1) is 5.04. The average Bonchev–Trinajstić information content (AvgIpc) is 1.99. The zero-order valence-corrected chi connectivity index (χ0v) is 7.80. The van der Waals surface area contributed by atoms with E-state index in [0.29, 0.717) is 13.0 Å². The van der Waals surface area contributed by atoms with Gasteiger partial charge in [-0.05, 0) is 26.3 Å². The first-order valence-electron chi connectivity index (χ1n) is 3.62. The minimum Gasteiger partial charge on any atom is -0.468 e. The molecule has 5 nitrogen and oxygen atoms in total. The molecule has 0 aliphatic heterocycles. The van der Waals surface area contributed by atoms with Crippen molar-refractivity contribution in [2.24, 2.45) is 11.5 Å². The summed E-state index contributed by atoms with van der Waals surface area (Å²) < 4.78 is 4.51. The van der Waals surface area contributed by atoms with Crippen molar-refractivity contribution in [1.82, 2.24) is 6.15 Å². The number of rotatable bonds is 4. The summed E-state index contributed by atoms with van der Waals surface area (Å²) in [5.74, 6) is -0.383. The van der Waals surface area contributed by atoms with Gasteiger partial charge in [0.15, 0.2) is 0 Å². The van der Waals surface area contributed by atoms with Gasteiger partial charge in [0, 0.05) is 0 Å². The Morgan fingerprint density at radius 2 is 2.08 bits per heavy atom. The van der Waals surface area contributed by atoms with Crippen LogP contribution < -0.4 is 17.6 Å². The largest absolute Gasteiger partial charge is 0.468 e. The summed E-state index contributed by atoms with van der Waals surface area (Å²) >= 11 is 0. The molecule has 7 N–H and O–H groups in total. The van der Waals surface area contributed by atoms with Crippen LogP contribution >= 0.6 is 0 Å². The zero-order chi connectivity index (χ0) is 8.91. The van der Waals surface area contributed by atoms with E-state index in [4.69, 9.17) is 11.5 Å². The van der Waals surface area contributed by atoms with Crippen molar-refractivity contribution < 1.29 is 9.53 Å². The molecule has 0 aliphatic rings. The lowest BCUT2D eigenvalue weighted by molar-refractivity contribution is -0.146. The molecule has 1 atom stereocenters. The minimum atomic E-state index is -0.881. The van der Waals surface area contributed by atoms with Gasteiger partial charge in [-0.15, -0.1) is 0 Å². The maximum atomic E-state index is 11.0. The molecule has 0 saturated heterocycles. The predicted molar refractivity (Wildman–Crippen MR) is 47.9 cm³/mol. The molecule has 0 aromatic heterocycles. The summed E-state index contributed by atoms with van der Waals surface area (Å²) in [6.07, 6.45) is 1.30. The van der Waals surface area contributed by atoms with Crippen LogP contribution in [0.25, 0.3) is 0 Å². The second kappa shape index (κ2) is 5.93. The van der Waals surface area contributed by atoms with E-state index in [1.165, 1.54) is 7.11 Å². The Morgan fingerprint density at radius 3 is 2.42 bits per heavy atom. The Morgan fingerprint density at radius 1 is 1.58 bits per heavy atom. The number of hydrogen-bond acceptors (Lipinski definition) is 5. The molecule has 0 amide bonds. The third kappa shape index (κ3) is 4.27. The lowest BCUT2D eigenvalue weighted by atomic mass is 9.97. The van der Waals surface area contributed by atoms with Crippen LogP contribution in [0.2, 0.25) is 0 Å². The van der Waals surface area contributed by atoms with Gasteiger partial charge in [-0.3, -0.25) is 4.79 Å². The SMILES string of the molecule is COC(=O)C(C)(N)CCCN.N.